The summed E-state index contributed by atoms with van der Waals surface area (Å²) in [6.45, 7) is 3.11. The fourth-order valence-corrected chi connectivity index (χ4v) is 3.21. The molecule has 1 heterocycles. The van der Waals surface area contributed by atoms with E-state index in [1.54, 1.807) is 0 Å². The minimum absolute atomic E-state index is 0.340. The maximum absolute atomic E-state index is 4.37. The zero-order valence-electron chi connectivity index (χ0n) is 10.5. The third kappa shape index (κ3) is 2.18. The predicted octanol–water partition coefficient (Wildman–Crippen LogP) is 2.92. The average Bonchev–Trinajstić information content (AvgIpc) is 2.88. The van der Waals surface area contributed by atoms with Crippen molar-refractivity contribution >= 4 is 11.7 Å². The summed E-state index contributed by atoms with van der Waals surface area (Å²) < 4.78 is 8.48. The van der Waals surface area contributed by atoms with Crippen molar-refractivity contribution in [1.29, 1.82) is 0 Å². The quantitative estimate of drug-likeness (QED) is 0.897. The Labute approximate surface area is 112 Å². The van der Waals surface area contributed by atoms with E-state index < -0.39 is 0 Å². The standard InChI is InChI=1S/C14H17N3S/c1-2-15-13(14-9-16-18-17-14)8-11-7-10-5-3-4-6-12(10)11/h3-6,9,11,13,15H,2,7-8H2,1H3. The van der Waals surface area contributed by atoms with Crippen LogP contribution in [0.5, 0.6) is 0 Å². The number of benzene rings is 1. The highest BCUT2D eigenvalue weighted by Crippen LogP contribution is 2.40. The van der Waals surface area contributed by atoms with Gasteiger partial charge in [0.15, 0.2) is 0 Å². The van der Waals surface area contributed by atoms with Crippen LogP contribution in [0.2, 0.25) is 0 Å². The number of nitrogens with zero attached hydrogens (tertiary/aromatic N) is 2. The van der Waals surface area contributed by atoms with E-state index in [2.05, 4.69) is 45.3 Å². The highest BCUT2D eigenvalue weighted by atomic mass is 32.1. The average molecular weight is 259 g/mol. The van der Waals surface area contributed by atoms with Crippen molar-refractivity contribution in [2.75, 3.05) is 6.54 Å². The summed E-state index contributed by atoms with van der Waals surface area (Å²) in [6.07, 6.45) is 4.22. The van der Waals surface area contributed by atoms with Crippen LogP contribution < -0.4 is 5.32 Å². The number of aromatic nitrogens is 2. The van der Waals surface area contributed by atoms with Gasteiger partial charge in [0.1, 0.15) is 0 Å². The molecule has 1 aliphatic carbocycles. The smallest absolute Gasteiger partial charge is 0.0912 e. The first kappa shape index (κ1) is 11.8. The Balaban J connectivity index is 1.72. The van der Waals surface area contributed by atoms with Crippen LogP contribution in [0, 0.1) is 0 Å². The zero-order valence-corrected chi connectivity index (χ0v) is 11.3. The fourth-order valence-electron chi connectivity index (χ4n) is 2.74. The van der Waals surface area contributed by atoms with Gasteiger partial charge in [0, 0.05) is 0 Å². The first-order valence-electron chi connectivity index (χ1n) is 6.47. The van der Waals surface area contributed by atoms with Crippen molar-refractivity contribution in [2.24, 2.45) is 0 Å². The molecule has 0 saturated heterocycles. The predicted molar refractivity (Wildman–Crippen MR) is 73.8 cm³/mol. The van der Waals surface area contributed by atoms with E-state index >= 15 is 0 Å². The second kappa shape index (κ2) is 5.16. The van der Waals surface area contributed by atoms with Crippen LogP contribution in [0.3, 0.4) is 0 Å². The molecule has 1 aliphatic rings. The molecule has 2 atom stereocenters. The number of rotatable bonds is 5. The lowest BCUT2D eigenvalue weighted by Crippen LogP contribution is -2.27. The molecule has 0 fully saturated rings. The van der Waals surface area contributed by atoms with Crippen LogP contribution in [-0.4, -0.2) is 15.3 Å². The molecule has 18 heavy (non-hydrogen) atoms. The molecule has 3 nitrogen and oxygen atoms in total. The number of fused-ring (bicyclic) bond motifs is 1. The first-order valence-corrected chi connectivity index (χ1v) is 7.20. The second-order valence-electron chi connectivity index (χ2n) is 4.78. The van der Waals surface area contributed by atoms with Crippen LogP contribution in [0.4, 0.5) is 0 Å². The number of nitrogens with one attached hydrogen (secondary N) is 1. The molecule has 4 heteroatoms. The van der Waals surface area contributed by atoms with E-state index in [-0.39, 0.29) is 0 Å². The van der Waals surface area contributed by atoms with Crippen LogP contribution >= 0.6 is 11.7 Å². The van der Waals surface area contributed by atoms with E-state index in [1.807, 2.05) is 6.20 Å². The molecule has 0 saturated carbocycles. The van der Waals surface area contributed by atoms with Gasteiger partial charge in [-0.25, -0.2) is 0 Å². The fraction of sp³-hybridized carbons (Fsp3) is 0.429. The summed E-state index contributed by atoms with van der Waals surface area (Å²) in [6, 6.07) is 9.09. The molecule has 0 aliphatic heterocycles. The van der Waals surface area contributed by atoms with Gasteiger partial charge in [-0.15, -0.1) is 0 Å². The molecule has 2 unspecified atom stereocenters. The van der Waals surface area contributed by atoms with E-state index in [1.165, 1.54) is 29.3 Å². The van der Waals surface area contributed by atoms with E-state index in [0.29, 0.717) is 12.0 Å². The number of hydrogen-bond acceptors (Lipinski definition) is 4. The molecule has 0 spiro atoms. The van der Waals surface area contributed by atoms with Gasteiger partial charge >= 0.3 is 0 Å². The van der Waals surface area contributed by atoms with Crippen molar-refractivity contribution < 1.29 is 0 Å². The summed E-state index contributed by atoms with van der Waals surface area (Å²) in [5, 5.41) is 3.52. The van der Waals surface area contributed by atoms with E-state index in [4.69, 9.17) is 0 Å². The van der Waals surface area contributed by atoms with Gasteiger partial charge in [-0.05, 0) is 36.4 Å². The van der Waals surface area contributed by atoms with Gasteiger partial charge in [0.05, 0.1) is 29.7 Å². The summed E-state index contributed by atoms with van der Waals surface area (Å²) in [7, 11) is 0. The Hall–Kier alpha value is -1.26. The van der Waals surface area contributed by atoms with Gasteiger partial charge in [0.2, 0.25) is 0 Å². The van der Waals surface area contributed by atoms with E-state index in [9.17, 15) is 0 Å². The molecular weight excluding hydrogens is 242 g/mol. The summed E-state index contributed by atoms with van der Waals surface area (Å²) >= 11 is 1.29. The molecule has 1 aromatic heterocycles. The zero-order chi connectivity index (χ0) is 12.4. The Morgan fingerprint density at radius 2 is 2.33 bits per heavy atom. The van der Waals surface area contributed by atoms with Crippen molar-refractivity contribution in [3.8, 4) is 0 Å². The molecule has 3 rings (SSSR count). The maximum atomic E-state index is 4.37. The van der Waals surface area contributed by atoms with Gasteiger partial charge in [-0.1, -0.05) is 31.2 Å². The van der Waals surface area contributed by atoms with Crippen molar-refractivity contribution in [3.63, 3.8) is 0 Å². The second-order valence-corrected chi connectivity index (χ2v) is 5.33. The lowest BCUT2D eigenvalue weighted by molar-refractivity contribution is 0.430. The Morgan fingerprint density at radius 3 is 3.06 bits per heavy atom. The van der Waals surface area contributed by atoms with E-state index in [0.717, 1.165) is 18.7 Å². The normalized spacial score (nSPS) is 19.1. The van der Waals surface area contributed by atoms with Crippen molar-refractivity contribution in [1.82, 2.24) is 14.1 Å². The Bertz CT molecular complexity index is 510. The first-order chi connectivity index (χ1) is 8.88. The topological polar surface area (TPSA) is 37.8 Å². The molecule has 0 radical (unpaired) electrons. The molecule has 1 N–H and O–H groups in total. The van der Waals surface area contributed by atoms with Gasteiger partial charge in [-0.2, -0.15) is 8.75 Å². The third-order valence-corrected chi connectivity index (χ3v) is 4.16. The Morgan fingerprint density at radius 1 is 1.44 bits per heavy atom. The lowest BCUT2D eigenvalue weighted by atomic mass is 9.74. The highest BCUT2D eigenvalue weighted by Gasteiger charge is 2.29. The molecular formula is C14H17N3S. The molecule has 0 bridgehead atoms. The van der Waals surface area contributed by atoms with Gasteiger partial charge < -0.3 is 5.32 Å². The van der Waals surface area contributed by atoms with Crippen molar-refractivity contribution in [2.45, 2.75) is 31.7 Å². The molecule has 0 amide bonds. The Kier molecular flexibility index (Phi) is 3.39. The van der Waals surface area contributed by atoms with Gasteiger partial charge in [0.25, 0.3) is 0 Å². The minimum Gasteiger partial charge on any atom is -0.309 e. The SMILES string of the molecule is CCNC(CC1Cc2ccccc21)c1cnsn1. The minimum atomic E-state index is 0.340. The third-order valence-electron chi connectivity index (χ3n) is 3.67. The summed E-state index contributed by atoms with van der Waals surface area (Å²) in [4.78, 5) is 0. The summed E-state index contributed by atoms with van der Waals surface area (Å²) in [5.41, 5.74) is 4.11. The summed E-state index contributed by atoms with van der Waals surface area (Å²) in [5.74, 6) is 0.673. The maximum Gasteiger partial charge on any atom is 0.0912 e. The van der Waals surface area contributed by atoms with Crippen molar-refractivity contribution in [3.05, 3.63) is 47.3 Å². The largest absolute Gasteiger partial charge is 0.309 e. The van der Waals surface area contributed by atoms with Crippen LogP contribution in [0.15, 0.2) is 30.5 Å². The lowest BCUT2D eigenvalue weighted by Gasteiger charge is -2.32. The molecule has 2 aromatic rings. The molecule has 1 aromatic carbocycles. The van der Waals surface area contributed by atoms with Gasteiger partial charge in [-0.3, -0.25) is 0 Å². The van der Waals surface area contributed by atoms with Crippen LogP contribution in [0.1, 0.15) is 42.1 Å². The number of hydrogen-bond donors (Lipinski definition) is 1. The highest BCUT2D eigenvalue weighted by molar-refractivity contribution is 6.99. The monoisotopic (exact) mass is 259 g/mol. The van der Waals surface area contributed by atoms with Crippen LogP contribution in [-0.2, 0) is 6.42 Å². The molecule has 94 valence electrons. The van der Waals surface area contributed by atoms with Crippen LogP contribution in [0.25, 0.3) is 0 Å².